The minimum atomic E-state index is 0.0506. The maximum absolute atomic E-state index is 12.6. The summed E-state index contributed by atoms with van der Waals surface area (Å²) >= 11 is 1.56. The van der Waals surface area contributed by atoms with Crippen LogP contribution in [0.1, 0.15) is 15.9 Å². The molecular weight excluding hydrogens is 276 g/mol. The van der Waals surface area contributed by atoms with E-state index in [-0.39, 0.29) is 5.78 Å². The second-order valence-corrected chi connectivity index (χ2v) is 5.60. The summed E-state index contributed by atoms with van der Waals surface area (Å²) in [5.41, 5.74) is 1.44. The van der Waals surface area contributed by atoms with E-state index < -0.39 is 0 Å². The molecule has 0 N–H and O–H groups in total. The third-order valence-corrected chi connectivity index (χ3v) is 4.12. The summed E-state index contributed by atoms with van der Waals surface area (Å²) in [7, 11) is 0. The van der Waals surface area contributed by atoms with Crippen LogP contribution in [-0.4, -0.2) is 5.78 Å². The normalized spacial score (nSPS) is 10.3. The molecule has 0 spiro atoms. The molecule has 2 heteroatoms. The van der Waals surface area contributed by atoms with Gasteiger partial charge in [0, 0.05) is 20.9 Å². The molecule has 1 nitrogen and oxygen atoms in total. The predicted molar refractivity (Wildman–Crippen MR) is 85.7 cm³/mol. The second-order valence-electron chi connectivity index (χ2n) is 4.52. The van der Waals surface area contributed by atoms with E-state index in [0.717, 1.165) is 15.4 Å². The van der Waals surface area contributed by atoms with Crippen molar-refractivity contribution < 1.29 is 4.79 Å². The highest BCUT2D eigenvalue weighted by molar-refractivity contribution is 7.99. The monoisotopic (exact) mass is 289 g/mol. The number of rotatable bonds is 4. The van der Waals surface area contributed by atoms with Gasteiger partial charge in [0.25, 0.3) is 0 Å². The fourth-order valence-corrected chi connectivity index (χ4v) is 2.97. The van der Waals surface area contributed by atoms with Crippen molar-refractivity contribution in [2.75, 3.05) is 0 Å². The van der Waals surface area contributed by atoms with E-state index in [4.69, 9.17) is 0 Å². The zero-order chi connectivity index (χ0) is 14.5. The summed E-state index contributed by atoms with van der Waals surface area (Å²) < 4.78 is 0. The standard InChI is InChI=1S/C19H13OS/c20-19(15-9-3-1-4-10-15)17-13-7-8-14-18(17)21-16-11-5-2-6-12-16/h1-11,13-14H. The predicted octanol–water partition coefficient (Wildman–Crippen LogP) is 4.87. The van der Waals surface area contributed by atoms with Crippen molar-refractivity contribution in [2.45, 2.75) is 9.79 Å². The summed E-state index contributed by atoms with van der Waals surface area (Å²) in [6.07, 6.45) is 0. The number of carbonyl (C=O) groups excluding carboxylic acids is 1. The first-order chi connectivity index (χ1) is 10.3. The van der Waals surface area contributed by atoms with Crippen LogP contribution < -0.4 is 0 Å². The summed E-state index contributed by atoms with van der Waals surface area (Å²) in [5, 5.41) is 0. The molecule has 0 saturated heterocycles. The number of hydrogen-bond acceptors (Lipinski definition) is 2. The van der Waals surface area contributed by atoms with Crippen molar-refractivity contribution in [3.63, 3.8) is 0 Å². The molecule has 0 aliphatic rings. The van der Waals surface area contributed by atoms with Gasteiger partial charge in [0.1, 0.15) is 0 Å². The van der Waals surface area contributed by atoms with E-state index in [0.29, 0.717) is 5.56 Å². The van der Waals surface area contributed by atoms with E-state index in [1.165, 1.54) is 0 Å². The summed E-state index contributed by atoms with van der Waals surface area (Å²) in [6, 6.07) is 28.0. The zero-order valence-corrected chi connectivity index (χ0v) is 12.1. The van der Waals surface area contributed by atoms with Crippen LogP contribution in [0.4, 0.5) is 0 Å². The van der Waals surface area contributed by atoms with Crippen LogP contribution in [0, 0.1) is 6.07 Å². The van der Waals surface area contributed by atoms with Gasteiger partial charge in [-0.05, 0) is 24.3 Å². The Morgan fingerprint density at radius 1 is 0.810 bits per heavy atom. The molecule has 101 valence electrons. The molecule has 0 heterocycles. The summed E-state index contributed by atoms with van der Waals surface area (Å²) in [4.78, 5) is 14.6. The van der Waals surface area contributed by atoms with Crippen molar-refractivity contribution in [1.82, 2.24) is 0 Å². The van der Waals surface area contributed by atoms with Gasteiger partial charge in [-0.1, -0.05) is 72.4 Å². The highest BCUT2D eigenvalue weighted by Crippen LogP contribution is 2.31. The van der Waals surface area contributed by atoms with Crippen molar-refractivity contribution >= 4 is 17.5 Å². The van der Waals surface area contributed by atoms with Crippen LogP contribution in [0.25, 0.3) is 0 Å². The van der Waals surface area contributed by atoms with Gasteiger partial charge in [0.05, 0.1) is 0 Å². The van der Waals surface area contributed by atoms with Crippen LogP contribution in [0.2, 0.25) is 0 Å². The third-order valence-electron chi connectivity index (χ3n) is 3.07. The molecule has 0 bridgehead atoms. The molecule has 3 aromatic carbocycles. The zero-order valence-electron chi connectivity index (χ0n) is 11.3. The molecule has 0 fully saturated rings. The Hall–Kier alpha value is -2.32. The Morgan fingerprint density at radius 3 is 2.29 bits per heavy atom. The fourth-order valence-electron chi connectivity index (χ4n) is 2.05. The fraction of sp³-hybridized carbons (Fsp3) is 0. The number of ketones is 1. The Labute approximate surface area is 128 Å². The van der Waals surface area contributed by atoms with Crippen molar-refractivity contribution in [3.8, 4) is 0 Å². The molecule has 0 amide bonds. The van der Waals surface area contributed by atoms with E-state index in [2.05, 4.69) is 6.07 Å². The van der Waals surface area contributed by atoms with Crippen LogP contribution in [0.15, 0.2) is 88.7 Å². The molecular formula is C19H13OS. The van der Waals surface area contributed by atoms with Crippen molar-refractivity contribution in [1.29, 1.82) is 0 Å². The molecule has 0 saturated carbocycles. The molecule has 0 aliphatic carbocycles. The highest BCUT2D eigenvalue weighted by atomic mass is 32.2. The van der Waals surface area contributed by atoms with Gasteiger partial charge < -0.3 is 0 Å². The second kappa shape index (κ2) is 6.42. The van der Waals surface area contributed by atoms with Crippen LogP contribution in [0.5, 0.6) is 0 Å². The minimum absolute atomic E-state index is 0.0506. The van der Waals surface area contributed by atoms with Gasteiger partial charge >= 0.3 is 0 Å². The lowest BCUT2D eigenvalue weighted by molar-refractivity contribution is 0.103. The number of benzene rings is 3. The molecule has 0 unspecified atom stereocenters. The molecule has 0 aromatic heterocycles. The molecule has 21 heavy (non-hydrogen) atoms. The maximum atomic E-state index is 12.6. The number of hydrogen-bond donors (Lipinski definition) is 0. The van der Waals surface area contributed by atoms with Crippen LogP contribution >= 0.6 is 11.8 Å². The Bertz CT molecular complexity index is 736. The van der Waals surface area contributed by atoms with Gasteiger partial charge in [-0.3, -0.25) is 4.79 Å². The maximum Gasteiger partial charge on any atom is 0.194 e. The third kappa shape index (κ3) is 3.23. The van der Waals surface area contributed by atoms with Crippen molar-refractivity contribution in [2.24, 2.45) is 0 Å². The van der Waals surface area contributed by atoms with E-state index in [9.17, 15) is 4.79 Å². The van der Waals surface area contributed by atoms with E-state index >= 15 is 0 Å². The molecule has 3 aromatic rings. The molecule has 0 aliphatic heterocycles. The Kier molecular flexibility index (Phi) is 4.17. The first kappa shape index (κ1) is 13.7. The van der Waals surface area contributed by atoms with Gasteiger partial charge in [0.15, 0.2) is 5.78 Å². The van der Waals surface area contributed by atoms with E-state index in [1.807, 2.05) is 78.9 Å². The Morgan fingerprint density at radius 2 is 1.52 bits per heavy atom. The quantitative estimate of drug-likeness (QED) is 0.637. The van der Waals surface area contributed by atoms with Crippen LogP contribution in [-0.2, 0) is 0 Å². The number of carbonyl (C=O) groups is 1. The van der Waals surface area contributed by atoms with Crippen molar-refractivity contribution in [3.05, 3.63) is 96.1 Å². The Balaban J connectivity index is 1.95. The average Bonchev–Trinajstić information content (AvgIpc) is 2.56. The van der Waals surface area contributed by atoms with Gasteiger partial charge in [-0.15, -0.1) is 0 Å². The van der Waals surface area contributed by atoms with E-state index in [1.54, 1.807) is 11.8 Å². The molecule has 1 radical (unpaired) electrons. The average molecular weight is 289 g/mol. The molecule has 3 rings (SSSR count). The van der Waals surface area contributed by atoms with Gasteiger partial charge in [-0.2, -0.15) is 0 Å². The van der Waals surface area contributed by atoms with Crippen LogP contribution in [0.3, 0.4) is 0 Å². The topological polar surface area (TPSA) is 17.1 Å². The van der Waals surface area contributed by atoms with Gasteiger partial charge in [-0.25, -0.2) is 0 Å². The first-order valence-electron chi connectivity index (χ1n) is 6.68. The lowest BCUT2D eigenvalue weighted by atomic mass is 10.0. The summed E-state index contributed by atoms with van der Waals surface area (Å²) in [6.45, 7) is 0. The van der Waals surface area contributed by atoms with Gasteiger partial charge in [0.2, 0.25) is 0 Å². The lowest BCUT2D eigenvalue weighted by Crippen LogP contribution is -2.02. The SMILES string of the molecule is O=C(c1ccccc1)c1ccccc1Sc1[c]cccc1. The summed E-state index contributed by atoms with van der Waals surface area (Å²) in [5.74, 6) is 0.0506. The first-order valence-corrected chi connectivity index (χ1v) is 7.49. The lowest BCUT2D eigenvalue weighted by Gasteiger charge is -2.08. The largest absolute Gasteiger partial charge is 0.289 e. The minimum Gasteiger partial charge on any atom is -0.289 e. The highest BCUT2D eigenvalue weighted by Gasteiger charge is 2.13. The molecule has 0 atom stereocenters. The smallest absolute Gasteiger partial charge is 0.194 e.